The fourth-order valence-corrected chi connectivity index (χ4v) is 2.72. The third-order valence-corrected chi connectivity index (χ3v) is 3.88. The summed E-state index contributed by atoms with van der Waals surface area (Å²) in [4.78, 5) is 41.6. The van der Waals surface area contributed by atoms with Gasteiger partial charge in [0.1, 0.15) is 0 Å². The number of ether oxygens (including phenoxy) is 1. The van der Waals surface area contributed by atoms with Crippen LogP contribution >= 0.6 is 0 Å². The number of hydrogen-bond acceptors (Lipinski definition) is 5. The first-order valence-electron chi connectivity index (χ1n) is 7.12. The van der Waals surface area contributed by atoms with E-state index in [-0.39, 0.29) is 16.7 Å². The van der Waals surface area contributed by atoms with Gasteiger partial charge in [-0.15, -0.1) is 0 Å². The van der Waals surface area contributed by atoms with Crippen molar-refractivity contribution in [2.45, 2.75) is 13.2 Å². The molecule has 0 fully saturated rings. The second kappa shape index (κ2) is 5.06. The fourth-order valence-electron chi connectivity index (χ4n) is 2.72. The number of hydrogen-bond donors (Lipinski definition) is 0. The number of imide groups is 1. The van der Waals surface area contributed by atoms with Gasteiger partial charge in [-0.3, -0.25) is 9.59 Å². The van der Waals surface area contributed by atoms with Gasteiger partial charge in [0.25, 0.3) is 11.8 Å². The first kappa shape index (κ1) is 13.7. The quantitative estimate of drug-likeness (QED) is 0.783. The van der Waals surface area contributed by atoms with E-state index in [1.54, 1.807) is 24.4 Å². The minimum absolute atomic E-state index is 0.231. The topological polar surface area (TPSA) is 77.8 Å². The summed E-state index contributed by atoms with van der Waals surface area (Å²) >= 11 is 0. The van der Waals surface area contributed by atoms with Gasteiger partial charge in [0, 0.05) is 18.4 Å². The van der Waals surface area contributed by atoms with Crippen molar-refractivity contribution in [2.75, 3.05) is 6.61 Å². The Bertz CT molecular complexity index is 780. The van der Waals surface area contributed by atoms with E-state index in [1.807, 2.05) is 4.57 Å². The fraction of sp³-hybridized carbons (Fsp3) is 0.188. The summed E-state index contributed by atoms with van der Waals surface area (Å²) in [6, 6.07) is 7.99. The maximum atomic E-state index is 12.2. The zero-order valence-corrected chi connectivity index (χ0v) is 12.0. The molecule has 2 aliphatic heterocycles. The summed E-state index contributed by atoms with van der Waals surface area (Å²) in [5.41, 5.74) is 1.59. The van der Waals surface area contributed by atoms with Gasteiger partial charge in [-0.05, 0) is 18.2 Å². The zero-order valence-electron chi connectivity index (χ0n) is 12.0. The standard InChI is InChI=1S/C16H12N2O5/c19-14-12-3-1-2-4-13(12)15(20)18(14)23-16(21)10-7-11-9-22-6-5-17(11)8-10/h1-4,7-8H,5-6,9H2. The smallest absolute Gasteiger partial charge is 0.365 e. The summed E-state index contributed by atoms with van der Waals surface area (Å²) in [5, 5.41) is 0.514. The molecule has 0 N–H and O–H groups in total. The van der Waals surface area contributed by atoms with E-state index in [0.717, 1.165) is 5.69 Å². The lowest BCUT2D eigenvalue weighted by Crippen LogP contribution is -2.32. The van der Waals surface area contributed by atoms with E-state index in [4.69, 9.17) is 9.57 Å². The van der Waals surface area contributed by atoms with Crippen LogP contribution in [0.1, 0.15) is 36.8 Å². The Labute approximate surface area is 131 Å². The number of rotatable bonds is 2. The van der Waals surface area contributed by atoms with Gasteiger partial charge in [-0.25, -0.2) is 4.79 Å². The van der Waals surface area contributed by atoms with E-state index < -0.39 is 17.8 Å². The van der Waals surface area contributed by atoms with Crippen LogP contribution in [0, 0.1) is 0 Å². The molecule has 0 atom stereocenters. The predicted octanol–water partition coefficient (Wildman–Crippen LogP) is 1.39. The lowest BCUT2D eigenvalue weighted by atomic mass is 10.1. The number of fused-ring (bicyclic) bond motifs is 2. The zero-order chi connectivity index (χ0) is 16.0. The number of nitrogens with zero attached hydrogens (tertiary/aromatic N) is 2. The number of amides is 2. The van der Waals surface area contributed by atoms with Crippen LogP contribution in [0.25, 0.3) is 0 Å². The van der Waals surface area contributed by atoms with Crippen molar-refractivity contribution in [1.29, 1.82) is 0 Å². The van der Waals surface area contributed by atoms with Gasteiger partial charge in [0.2, 0.25) is 0 Å². The molecule has 2 aromatic rings. The van der Waals surface area contributed by atoms with Crippen molar-refractivity contribution >= 4 is 17.8 Å². The second-order valence-electron chi connectivity index (χ2n) is 5.30. The van der Waals surface area contributed by atoms with Crippen LogP contribution in [0.4, 0.5) is 0 Å². The molecule has 7 nitrogen and oxygen atoms in total. The van der Waals surface area contributed by atoms with E-state index in [9.17, 15) is 14.4 Å². The van der Waals surface area contributed by atoms with Crippen molar-refractivity contribution < 1.29 is 24.0 Å². The van der Waals surface area contributed by atoms with Gasteiger partial charge in [-0.2, -0.15) is 0 Å². The lowest BCUT2D eigenvalue weighted by molar-refractivity contribution is -0.0584. The van der Waals surface area contributed by atoms with Gasteiger partial charge in [0.15, 0.2) is 0 Å². The van der Waals surface area contributed by atoms with Gasteiger partial charge in [0.05, 0.1) is 29.9 Å². The number of benzene rings is 1. The van der Waals surface area contributed by atoms with Crippen LogP contribution in [-0.2, 0) is 22.7 Å². The van der Waals surface area contributed by atoms with Crippen molar-refractivity contribution in [3.8, 4) is 0 Å². The molecule has 3 heterocycles. The van der Waals surface area contributed by atoms with Crippen molar-refractivity contribution in [3.63, 3.8) is 0 Å². The molecule has 1 aromatic carbocycles. The molecule has 0 bridgehead atoms. The van der Waals surface area contributed by atoms with Gasteiger partial charge < -0.3 is 14.1 Å². The molecule has 0 unspecified atom stereocenters. The maximum absolute atomic E-state index is 12.2. The molecule has 7 heteroatoms. The molecule has 0 aliphatic carbocycles. The minimum atomic E-state index is -0.749. The Morgan fingerprint density at radius 3 is 2.48 bits per heavy atom. The van der Waals surface area contributed by atoms with E-state index in [1.165, 1.54) is 12.1 Å². The molecule has 1 aromatic heterocycles. The van der Waals surface area contributed by atoms with Gasteiger partial charge in [-0.1, -0.05) is 17.2 Å². The minimum Gasteiger partial charge on any atom is -0.373 e. The molecule has 0 saturated heterocycles. The number of hydroxylamine groups is 2. The number of carbonyl (C=O) groups excluding carboxylic acids is 3. The van der Waals surface area contributed by atoms with Crippen LogP contribution in [0.15, 0.2) is 36.5 Å². The highest BCUT2D eigenvalue weighted by atomic mass is 16.7. The third-order valence-electron chi connectivity index (χ3n) is 3.88. The Morgan fingerprint density at radius 2 is 1.83 bits per heavy atom. The molecule has 2 amide bonds. The first-order chi connectivity index (χ1) is 11.1. The molecule has 2 aliphatic rings. The SMILES string of the molecule is O=C(ON1C(=O)c2ccccc2C1=O)c1cc2n(c1)CCOC2. The Kier molecular flexibility index (Phi) is 3.02. The van der Waals surface area contributed by atoms with Crippen molar-refractivity contribution in [3.05, 3.63) is 58.9 Å². The Morgan fingerprint density at radius 1 is 1.13 bits per heavy atom. The van der Waals surface area contributed by atoms with Crippen LogP contribution in [-0.4, -0.2) is 34.0 Å². The second-order valence-corrected chi connectivity index (χ2v) is 5.30. The summed E-state index contributed by atoms with van der Waals surface area (Å²) in [5.74, 6) is -2.01. The van der Waals surface area contributed by atoms with Crippen LogP contribution in [0.2, 0.25) is 0 Å². The Hall–Kier alpha value is -2.93. The van der Waals surface area contributed by atoms with Crippen molar-refractivity contribution in [2.24, 2.45) is 0 Å². The predicted molar refractivity (Wildman–Crippen MR) is 76.4 cm³/mol. The van der Waals surface area contributed by atoms with Crippen molar-refractivity contribution in [1.82, 2.24) is 9.63 Å². The molecule has 4 rings (SSSR count). The molecular weight excluding hydrogens is 300 g/mol. The largest absolute Gasteiger partial charge is 0.373 e. The third kappa shape index (κ3) is 2.13. The van der Waals surface area contributed by atoms with Crippen LogP contribution in [0.5, 0.6) is 0 Å². The first-order valence-corrected chi connectivity index (χ1v) is 7.12. The maximum Gasteiger partial charge on any atom is 0.365 e. The molecule has 116 valence electrons. The number of carbonyl (C=O) groups is 3. The van der Waals surface area contributed by atoms with Crippen LogP contribution < -0.4 is 0 Å². The Balaban J connectivity index is 1.57. The van der Waals surface area contributed by atoms with Crippen LogP contribution in [0.3, 0.4) is 0 Å². The number of aromatic nitrogens is 1. The monoisotopic (exact) mass is 312 g/mol. The van der Waals surface area contributed by atoms with E-state index >= 15 is 0 Å². The normalized spacial score (nSPS) is 16.3. The summed E-state index contributed by atoms with van der Waals surface area (Å²) in [6.45, 7) is 1.64. The molecule has 0 radical (unpaired) electrons. The molecular formula is C16H12N2O5. The lowest BCUT2D eigenvalue weighted by Gasteiger charge is -2.14. The summed E-state index contributed by atoms with van der Waals surface area (Å²) in [6.07, 6.45) is 1.64. The highest BCUT2D eigenvalue weighted by Gasteiger charge is 2.39. The molecule has 0 saturated carbocycles. The molecule has 23 heavy (non-hydrogen) atoms. The average molecular weight is 312 g/mol. The summed E-state index contributed by atoms with van der Waals surface area (Å²) < 4.78 is 7.20. The molecule has 0 spiro atoms. The van der Waals surface area contributed by atoms with Gasteiger partial charge >= 0.3 is 5.97 Å². The van der Waals surface area contributed by atoms with E-state index in [0.29, 0.717) is 24.8 Å². The highest BCUT2D eigenvalue weighted by Crippen LogP contribution is 2.24. The average Bonchev–Trinajstić information content (AvgIpc) is 3.11. The summed E-state index contributed by atoms with van der Waals surface area (Å²) in [7, 11) is 0. The van der Waals surface area contributed by atoms with E-state index in [2.05, 4.69) is 0 Å². The highest BCUT2D eigenvalue weighted by molar-refractivity contribution is 6.21.